The fraction of sp³-hybridized carbons (Fsp3) is 0. The molecule has 1 rings (SSSR count). The molecule has 1 aromatic heterocycles. The van der Waals surface area contributed by atoms with Crippen LogP contribution in [0, 0.1) is 0 Å². The van der Waals surface area contributed by atoms with Gasteiger partial charge in [-0.05, 0) is 44.0 Å². The lowest BCUT2D eigenvalue weighted by Crippen LogP contribution is -1.94. The number of nitrogens with zero attached hydrogens (tertiary/aromatic N) is 1. The molecule has 1 aromatic rings. The smallest absolute Gasteiger partial charge is 0.241 e. The molecule has 11 heavy (non-hydrogen) atoms. The van der Waals surface area contributed by atoms with Gasteiger partial charge in [0.15, 0.2) is 0 Å². The highest BCUT2D eigenvalue weighted by Gasteiger charge is 2.07. The monoisotopic (exact) mass is 389 g/mol. The second-order valence-corrected chi connectivity index (χ2v) is 4.38. The van der Waals surface area contributed by atoms with Crippen LogP contribution in [0.25, 0.3) is 0 Å². The Morgan fingerprint density at radius 3 is 2.55 bits per heavy atom. The summed E-state index contributed by atoms with van der Waals surface area (Å²) in [5.74, 6) is 0. The van der Waals surface area contributed by atoms with Crippen LogP contribution in [0.2, 0.25) is 0 Å². The van der Waals surface area contributed by atoms with Crippen LogP contribution >= 0.6 is 54.5 Å². The zero-order chi connectivity index (χ0) is 8.43. The molecule has 0 atom stereocenters. The van der Waals surface area contributed by atoms with Gasteiger partial charge in [0.1, 0.15) is 10.3 Å². The number of aromatic nitrogens is 1. The Balaban J connectivity index is 3.23. The SMILES string of the molecule is O=C(I)c1nc(Br)ccc1Br. The molecular weight excluding hydrogens is 389 g/mol. The van der Waals surface area contributed by atoms with Crippen LogP contribution in [0.5, 0.6) is 0 Å². The van der Waals surface area contributed by atoms with Gasteiger partial charge in [0.05, 0.1) is 0 Å². The molecule has 0 unspecified atom stereocenters. The van der Waals surface area contributed by atoms with Crippen molar-refractivity contribution in [1.82, 2.24) is 4.98 Å². The summed E-state index contributed by atoms with van der Waals surface area (Å²) in [5, 5.41) is 0. The molecule has 0 fully saturated rings. The molecule has 0 N–H and O–H groups in total. The summed E-state index contributed by atoms with van der Waals surface area (Å²) in [5.41, 5.74) is 0.444. The van der Waals surface area contributed by atoms with Crippen molar-refractivity contribution in [3.8, 4) is 0 Å². The van der Waals surface area contributed by atoms with Gasteiger partial charge in [-0.1, -0.05) is 0 Å². The fourth-order valence-corrected chi connectivity index (χ4v) is 2.05. The molecule has 5 heteroatoms. The predicted octanol–water partition coefficient (Wildman–Crippen LogP) is 3.18. The summed E-state index contributed by atoms with van der Waals surface area (Å²) in [6.07, 6.45) is 0. The van der Waals surface area contributed by atoms with Crippen LogP contribution in [-0.2, 0) is 0 Å². The molecule has 0 aliphatic carbocycles. The average Bonchev–Trinajstić information content (AvgIpc) is 1.94. The van der Waals surface area contributed by atoms with E-state index in [1.807, 2.05) is 0 Å². The van der Waals surface area contributed by atoms with Gasteiger partial charge >= 0.3 is 0 Å². The molecule has 0 radical (unpaired) electrons. The Labute approximate surface area is 94.2 Å². The van der Waals surface area contributed by atoms with E-state index in [-0.39, 0.29) is 3.79 Å². The predicted molar refractivity (Wildman–Crippen MR) is 58.0 cm³/mol. The number of carbonyl (C=O) groups is 1. The van der Waals surface area contributed by atoms with Crippen molar-refractivity contribution in [2.75, 3.05) is 0 Å². The standard InChI is InChI=1S/C6H2Br2INO/c7-3-1-2-4(8)10-5(3)6(9)11/h1-2H. The van der Waals surface area contributed by atoms with Crippen molar-refractivity contribution in [1.29, 1.82) is 0 Å². The first-order valence-electron chi connectivity index (χ1n) is 2.63. The number of pyridine rings is 1. The van der Waals surface area contributed by atoms with E-state index < -0.39 is 0 Å². The highest BCUT2D eigenvalue weighted by Crippen LogP contribution is 2.19. The van der Waals surface area contributed by atoms with Crippen molar-refractivity contribution >= 4 is 58.2 Å². The normalized spacial score (nSPS) is 9.73. The zero-order valence-electron chi connectivity index (χ0n) is 5.14. The van der Waals surface area contributed by atoms with Gasteiger partial charge in [0.25, 0.3) is 0 Å². The first-order valence-corrected chi connectivity index (χ1v) is 5.29. The van der Waals surface area contributed by atoms with Crippen LogP contribution < -0.4 is 0 Å². The highest BCUT2D eigenvalue weighted by atomic mass is 127. The summed E-state index contributed by atoms with van der Waals surface area (Å²) >= 11 is 8.10. The van der Waals surface area contributed by atoms with Crippen LogP contribution in [0.3, 0.4) is 0 Å². The molecule has 0 aromatic carbocycles. The molecule has 58 valence electrons. The van der Waals surface area contributed by atoms with E-state index in [9.17, 15) is 4.79 Å². The van der Waals surface area contributed by atoms with Crippen LogP contribution in [0.1, 0.15) is 10.5 Å². The van der Waals surface area contributed by atoms with Gasteiger partial charge in [-0.2, -0.15) is 0 Å². The van der Waals surface area contributed by atoms with E-state index in [1.54, 1.807) is 34.7 Å². The summed E-state index contributed by atoms with van der Waals surface area (Å²) in [6, 6.07) is 3.55. The second-order valence-electron chi connectivity index (χ2n) is 1.74. The first-order chi connectivity index (χ1) is 5.11. The van der Waals surface area contributed by atoms with E-state index in [1.165, 1.54) is 0 Å². The third kappa shape index (κ3) is 2.48. The largest absolute Gasteiger partial charge is 0.280 e. The van der Waals surface area contributed by atoms with E-state index in [2.05, 4.69) is 36.8 Å². The number of hydrogen-bond acceptors (Lipinski definition) is 2. The van der Waals surface area contributed by atoms with Gasteiger partial charge in [-0.25, -0.2) is 4.98 Å². The van der Waals surface area contributed by atoms with E-state index in [0.717, 1.165) is 4.47 Å². The number of carbonyl (C=O) groups excluding carboxylic acids is 1. The maximum atomic E-state index is 10.9. The first kappa shape index (κ1) is 9.60. The van der Waals surface area contributed by atoms with Crippen LogP contribution in [0.4, 0.5) is 0 Å². The number of halogens is 3. The molecular formula is C6H2Br2INO. The third-order valence-electron chi connectivity index (χ3n) is 0.998. The quantitative estimate of drug-likeness (QED) is 0.419. The molecule has 0 amide bonds. The van der Waals surface area contributed by atoms with Gasteiger partial charge in [0.2, 0.25) is 3.79 Å². The van der Waals surface area contributed by atoms with E-state index in [4.69, 9.17) is 0 Å². The molecule has 0 bridgehead atoms. The Hall–Kier alpha value is 0.510. The number of rotatable bonds is 1. The van der Waals surface area contributed by atoms with Gasteiger partial charge < -0.3 is 0 Å². The summed E-state index contributed by atoms with van der Waals surface area (Å²) < 4.78 is 1.32. The maximum absolute atomic E-state index is 10.9. The van der Waals surface area contributed by atoms with Gasteiger partial charge in [-0.15, -0.1) is 0 Å². The Bertz CT molecular complexity index is 303. The fourth-order valence-electron chi connectivity index (χ4n) is 0.556. The van der Waals surface area contributed by atoms with Crippen molar-refractivity contribution in [2.45, 2.75) is 0 Å². The van der Waals surface area contributed by atoms with Crippen LogP contribution in [-0.4, -0.2) is 8.77 Å². The van der Waals surface area contributed by atoms with E-state index in [0.29, 0.717) is 10.3 Å². The average molecular weight is 391 g/mol. The van der Waals surface area contributed by atoms with Crippen molar-refractivity contribution in [3.05, 3.63) is 26.9 Å². The zero-order valence-corrected chi connectivity index (χ0v) is 10.5. The minimum absolute atomic E-state index is 0.0734. The Morgan fingerprint density at radius 2 is 2.09 bits per heavy atom. The van der Waals surface area contributed by atoms with Gasteiger partial charge in [-0.3, -0.25) is 4.79 Å². The topological polar surface area (TPSA) is 30.0 Å². The van der Waals surface area contributed by atoms with E-state index >= 15 is 0 Å². The molecule has 0 saturated heterocycles. The molecule has 2 nitrogen and oxygen atoms in total. The van der Waals surface area contributed by atoms with Crippen molar-refractivity contribution < 1.29 is 4.79 Å². The second kappa shape index (κ2) is 3.95. The molecule has 0 spiro atoms. The molecule has 0 aliphatic rings. The summed E-state index contributed by atoms with van der Waals surface area (Å²) in [6.45, 7) is 0. The molecule has 0 saturated carbocycles. The minimum atomic E-state index is -0.0734. The van der Waals surface area contributed by atoms with Crippen LogP contribution in [0.15, 0.2) is 21.2 Å². The third-order valence-corrected chi connectivity index (χ3v) is 2.59. The van der Waals surface area contributed by atoms with Crippen molar-refractivity contribution in [2.24, 2.45) is 0 Å². The Morgan fingerprint density at radius 1 is 1.45 bits per heavy atom. The highest BCUT2D eigenvalue weighted by molar-refractivity contribution is 14.1. The molecule has 0 aliphatic heterocycles. The lowest BCUT2D eigenvalue weighted by atomic mass is 10.4. The minimum Gasteiger partial charge on any atom is -0.280 e. The lowest BCUT2D eigenvalue weighted by Gasteiger charge is -1.96. The summed E-state index contributed by atoms with van der Waals surface area (Å²) in [4.78, 5) is 14.9. The summed E-state index contributed by atoms with van der Waals surface area (Å²) in [7, 11) is 0. The van der Waals surface area contributed by atoms with Gasteiger partial charge in [0, 0.05) is 27.1 Å². The lowest BCUT2D eigenvalue weighted by molar-refractivity contribution is 0.110. The molecule has 1 heterocycles. The maximum Gasteiger partial charge on any atom is 0.241 e. The van der Waals surface area contributed by atoms with Crippen molar-refractivity contribution in [3.63, 3.8) is 0 Å². The number of hydrogen-bond donors (Lipinski definition) is 0. The Kier molecular flexibility index (Phi) is 3.45.